The van der Waals surface area contributed by atoms with Gasteiger partial charge in [0.05, 0.1) is 6.61 Å². The number of thioether (sulfide) groups is 1. The molecule has 1 aromatic carbocycles. The summed E-state index contributed by atoms with van der Waals surface area (Å²) < 4.78 is 41.2. The van der Waals surface area contributed by atoms with Gasteiger partial charge in [-0.15, -0.1) is 0 Å². The Bertz CT molecular complexity index is 752. The molecule has 1 aliphatic heterocycles. The molecule has 1 fully saturated rings. The summed E-state index contributed by atoms with van der Waals surface area (Å²) in [5, 5.41) is 51.3. The van der Waals surface area contributed by atoms with Crippen LogP contribution in [0.3, 0.4) is 0 Å². The van der Waals surface area contributed by atoms with Gasteiger partial charge in [0.1, 0.15) is 40.6 Å². The third kappa shape index (κ3) is 6.29. The zero-order valence-corrected chi connectivity index (χ0v) is 15.3. The number of ether oxygens (including phenoxy) is 1. The molecule has 5 atom stereocenters. The minimum absolute atomic E-state index is 0.00258. The maximum absolute atomic E-state index is 10.7. The SMILES string of the molecule is O=S(=O)([O-])O/N=C(/Cc1ccc(O)cc1)SC1OC(CO)C(O)C(O)C1O. The number of hydrogen-bond acceptors (Lipinski definition) is 12. The van der Waals surface area contributed by atoms with E-state index in [-0.39, 0.29) is 17.2 Å². The van der Waals surface area contributed by atoms with Gasteiger partial charge in [0, 0.05) is 6.42 Å². The normalized spacial score (nSPS) is 29.5. The van der Waals surface area contributed by atoms with Crippen LogP contribution < -0.4 is 0 Å². The number of aliphatic hydroxyl groups excluding tert-OH is 4. The number of aliphatic hydroxyl groups is 4. The van der Waals surface area contributed by atoms with Gasteiger partial charge in [-0.2, -0.15) is 8.42 Å². The molecule has 0 amide bonds. The van der Waals surface area contributed by atoms with Gasteiger partial charge < -0.3 is 34.8 Å². The Hall–Kier alpha value is -1.45. The minimum atomic E-state index is -5.13. The second-order valence-electron chi connectivity index (χ2n) is 5.63. The molecule has 0 aliphatic carbocycles. The largest absolute Gasteiger partial charge is 0.714 e. The first-order valence-electron chi connectivity index (χ1n) is 7.57. The molecule has 0 spiro atoms. The molecule has 2 rings (SSSR count). The van der Waals surface area contributed by atoms with Crippen molar-refractivity contribution in [1.29, 1.82) is 0 Å². The van der Waals surface area contributed by atoms with E-state index in [1.54, 1.807) is 0 Å². The lowest BCUT2D eigenvalue weighted by Gasteiger charge is -2.39. The topological polar surface area (TPSA) is 189 Å². The summed E-state index contributed by atoms with van der Waals surface area (Å²) in [4.78, 5) is 0. The highest BCUT2D eigenvalue weighted by molar-refractivity contribution is 8.14. The van der Waals surface area contributed by atoms with Crippen LogP contribution in [-0.4, -0.2) is 80.0 Å². The minimum Gasteiger partial charge on any atom is -0.714 e. The van der Waals surface area contributed by atoms with E-state index in [1.807, 2.05) is 0 Å². The molecule has 11 nitrogen and oxygen atoms in total. The third-order valence-electron chi connectivity index (χ3n) is 3.62. The number of aromatic hydroxyl groups is 1. The van der Waals surface area contributed by atoms with E-state index >= 15 is 0 Å². The van der Waals surface area contributed by atoms with Crippen LogP contribution in [0.1, 0.15) is 5.56 Å². The van der Waals surface area contributed by atoms with E-state index in [1.165, 1.54) is 24.3 Å². The molecule has 1 saturated heterocycles. The van der Waals surface area contributed by atoms with Gasteiger partial charge in [-0.05, 0) is 17.7 Å². The third-order valence-corrected chi connectivity index (χ3v) is 4.99. The number of phenolic OH excluding ortho intramolecular Hbond substituents is 1. The quantitative estimate of drug-likeness (QED) is 0.115. The average molecular weight is 424 g/mol. The molecule has 0 bridgehead atoms. The van der Waals surface area contributed by atoms with Crippen molar-refractivity contribution >= 4 is 27.2 Å². The Morgan fingerprint density at radius 1 is 1.19 bits per heavy atom. The Balaban J connectivity index is 2.20. The van der Waals surface area contributed by atoms with Crippen LogP contribution in [0.15, 0.2) is 29.4 Å². The highest BCUT2D eigenvalue weighted by atomic mass is 32.3. The second kappa shape index (κ2) is 9.16. The molecule has 152 valence electrons. The fourth-order valence-electron chi connectivity index (χ4n) is 2.27. The van der Waals surface area contributed by atoms with Crippen molar-refractivity contribution < 1.29 is 47.5 Å². The van der Waals surface area contributed by atoms with Gasteiger partial charge in [0.25, 0.3) is 10.4 Å². The monoisotopic (exact) mass is 424 g/mol. The molecule has 0 radical (unpaired) electrons. The molecule has 1 aromatic rings. The lowest BCUT2D eigenvalue weighted by atomic mass is 10.0. The molecular weight excluding hydrogens is 406 g/mol. The standard InChI is InChI=1S/C14H19NO10S2/c16-6-9-11(18)12(19)13(20)14(24-9)26-10(15-25-27(21,22)23)5-7-1-3-8(17)4-2-7/h1-4,9,11-14,16-20H,5-6H2,(H,21,22,23)/p-1/b15-10-. The van der Waals surface area contributed by atoms with Gasteiger partial charge >= 0.3 is 0 Å². The fraction of sp³-hybridized carbons (Fsp3) is 0.500. The summed E-state index contributed by atoms with van der Waals surface area (Å²) in [5.41, 5.74) is -0.690. The number of hydrogen-bond donors (Lipinski definition) is 5. The molecule has 1 aliphatic rings. The highest BCUT2D eigenvalue weighted by Crippen LogP contribution is 2.30. The van der Waals surface area contributed by atoms with E-state index in [9.17, 15) is 38.5 Å². The molecule has 1 heterocycles. The van der Waals surface area contributed by atoms with Crippen LogP contribution in [0.25, 0.3) is 0 Å². The van der Waals surface area contributed by atoms with E-state index in [2.05, 4.69) is 9.44 Å². The predicted octanol–water partition coefficient (Wildman–Crippen LogP) is -1.74. The first kappa shape index (κ1) is 21.8. The van der Waals surface area contributed by atoms with Crippen LogP contribution in [0.5, 0.6) is 5.75 Å². The zero-order valence-electron chi connectivity index (χ0n) is 13.7. The van der Waals surface area contributed by atoms with Crippen LogP contribution in [0.4, 0.5) is 0 Å². The van der Waals surface area contributed by atoms with Crippen molar-refractivity contribution in [1.82, 2.24) is 0 Å². The molecular formula is C14H18NO10S2-. The molecule has 5 N–H and O–H groups in total. The summed E-state index contributed by atoms with van der Waals surface area (Å²) in [7, 11) is -5.13. The lowest BCUT2D eigenvalue weighted by molar-refractivity contribution is -0.205. The summed E-state index contributed by atoms with van der Waals surface area (Å²) >= 11 is 0.643. The average Bonchev–Trinajstić information content (AvgIpc) is 2.61. The Morgan fingerprint density at radius 3 is 2.37 bits per heavy atom. The fourth-order valence-corrected chi connectivity index (χ4v) is 3.60. The maximum atomic E-state index is 10.7. The van der Waals surface area contributed by atoms with Crippen LogP contribution >= 0.6 is 11.8 Å². The molecule has 5 unspecified atom stereocenters. The van der Waals surface area contributed by atoms with Crippen LogP contribution in [0, 0.1) is 0 Å². The van der Waals surface area contributed by atoms with E-state index < -0.39 is 46.9 Å². The van der Waals surface area contributed by atoms with Crippen molar-refractivity contribution in [3.05, 3.63) is 29.8 Å². The number of rotatable bonds is 6. The number of benzene rings is 1. The highest BCUT2D eigenvalue weighted by Gasteiger charge is 2.44. The van der Waals surface area contributed by atoms with Gasteiger partial charge in [-0.3, -0.25) is 4.28 Å². The molecule has 0 saturated carbocycles. The number of nitrogens with zero attached hydrogens (tertiary/aromatic N) is 1. The van der Waals surface area contributed by atoms with Gasteiger partial charge in [-0.25, -0.2) is 0 Å². The Kier molecular flexibility index (Phi) is 7.41. The van der Waals surface area contributed by atoms with Crippen molar-refractivity contribution in [3.8, 4) is 5.75 Å². The molecule has 0 aromatic heterocycles. The van der Waals surface area contributed by atoms with Crippen molar-refractivity contribution in [2.24, 2.45) is 5.16 Å². The van der Waals surface area contributed by atoms with E-state index in [4.69, 9.17) is 4.74 Å². The van der Waals surface area contributed by atoms with Crippen molar-refractivity contribution in [2.75, 3.05) is 6.61 Å². The van der Waals surface area contributed by atoms with Gasteiger partial charge in [-0.1, -0.05) is 29.1 Å². The van der Waals surface area contributed by atoms with E-state index in [0.29, 0.717) is 17.3 Å². The first-order chi connectivity index (χ1) is 12.6. The smallest absolute Gasteiger partial charge is 0.284 e. The molecule has 13 heteroatoms. The maximum Gasteiger partial charge on any atom is 0.284 e. The lowest BCUT2D eigenvalue weighted by Crippen LogP contribution is -2.57. The number of phenols is 1. The zero-order chi connectivity index (χ0) is 20.2. The Morgan fingerprint density at radius 2 is 1.81 bits per heavy atom. The second-order valence-corrected chi connectivity index (χ2v) is 7.76. The number of oxime groups is 1. The van der Waals surface area contributed by atoms with E-state index in [0.717, 1.165) is 0 Å². The summed E-state index contributed by atoms with van der Waals surface area (Å²) in [6, 6.07) is 5.75. The van der Waals surface area contributed by atoms with Crippen LogP contribution in [0.2, 0.25) is 0 Å². The van der Waals surface area contributed by atoms with Crippen LogP contribution in [-0.2, 0) is 25.8 Å². The van der Waals surface area contributed by atoms with Gasteiger partial charge in [0.15, 0.2) is 0 Å². The Labute approximate surface area is 158 Å². The van der Waals surface area contributed by atoms with Crippen molar-refractivity contribution in [3.63, 3.8) is 0 Å². The van der Waals surface area contributed by atoms with Gasteiger partial charge in [0.2, 0.25) is 0 Å². The van der Waals surface area contributed by atoms with Crippen molar-refractivity contribution in [2.45, 2.75) is 36.3 Å². The summed E-state index contributed by atoms with van der Waals surface area (Å²) in [6.07, 6.45) is -6.01. The molecule has 27 heavy (non-hydrogen) atoms. The summed E-state index contributed by atoms with van der Waals surface area (Å²) in [5.74, 6) is -0.00258. The first-order valence-corrected chi connectivity index (χ1v) is 9.78. The predicted molar refractivity (Wildman–Crippen MR) is 91.4 cm³/mol. The summed E-state index contributed by atoms with van der Waals surface area (Å²) in [6.45, 7) is -0.641.